The zero-order valence-electron chi connectivity index (χ0n) is 20.1. The second-order valence-corrected chi connectivity index (χ2v) is 8.87. The maximum atomic E-state index is 11.2. The number of amides is 2. The molecule has 1 unspecified atom stereocenters. The molecule has 0 bridgehead atoms. The van der Waals surface area contributed by atoms with Gasteiger partial charge in [0.05, 0.1) is 13.2 Å². The summed E-state index contributed by atoms with van der Waals surface area (Å²) in [5.41, 5.74) is -1.43. The van der Waals surface area contributed by atoms with Gasteiger partial charge in [-0.1, -0.05) is 47.5 Å². The minimum atomic E-state index is -1.43. The van der Waals surface area contributed by atoms with E-state index in [-0.39, 0.29) is 25.1 Å². The van der Waals surface area contributed by atoms with Gasteiger partial charge in [0, 0.05) is 12.5 Å². The van der Waals surface area contributed by atoms with Gasteiger partial charge in [-0.3, -0.25) is 19.2 Å². The van der Waals surface area contributed by atoms with Crippen molar-refractivity contribution in [1.82, 2.24) is 10.6 Å². The van der Waals surface area contributed by atoms with Crippen LogP contribution in [0.5, 0.6) is 0 Å². The van der Waals surface area contributed by atoms with Crippen molar-refractivity contribution in [2.45, 2.75) is 87.1 Å². The Bertz CT molecular complexity index is 487. The summed E-state index contributed by atoms with van der Waals surface area (Å²) in [5.74, 6) is -0.118. The fourth-order valence-electron chi connectivity index (χ4n) is 1.71. The number of carboxylic acids is 1. The van der Waals surface area contributed by atoms with E-state index >= 15 is 0 Å². The highest BCUT2D eigenvalue weighted by molar-refractivity contribution is 6.03. The summed E-state index contributed by atoms with van der Waals surface area (Å²) in [6, 6.07) is -0.118. The monoisotopic (exact) mass is 432 g/mol. The second-order valence-electron chi connectivity index (χ2n) is 8.87. The summed E-state index contributed by atoms with van der Waals surface area (Å²) in [6.45, 7) is 15.0. The SMILES string of the molecule is CC(C)(C(=O)O)C(=O)CNC=O.CC(C)C.CC(C)CCCCC(=O)NC(C)CO. The number of carbonyl (C=O) groups excluding carboxylic acids is 3. The average Bonchev–Trinajstić information content (AvgIpc) is 2.62. The van der Waals surface area contributed by atoms with Gasteiger partial charge in [0.15, 0.2) is 5.78 Å². The van der Waals surface area contributed by atoms with E-state index in [1.54, 1.807) is 6.92 Å². The predicted molar refractivity (Wildman–Crippen MR) is 119 cm³/mol. The molecule has 0 aliphatic carbocycles. The van der Waals surface area contributed by atoms with Crippen LogP contribution in [0.2, 0.25) is 0 Å². The van der Waals surface area contributed by atoms with Gasteiger partial charge in [-0.2, -0.15) is 0 Å². The Balaban J connectivity index is -0.000000416. The largest absolute Gasteiger partial charge is 0.481 e. The van der Waals surface area contributed by atoms with E-state index in [4.69, 9.17) is 10.2 Å². The molecule has 30 heavy (non-hydrogen) atoms. The fourth-order valence-corrected chi connectivity index (χ4v) is 1.71. The molecule has 8 heteroatoms. The van der Waals surface area contributed by atoms with Crippen LogP contribution < -0.4 is 10.6 Å². The predicted octanol–water partition coefficient (Wildman–Crippen LogP) is 2.77. The van der Waals surface area contributed by atoms with Crippen molar-refractivity contribution in [3.63, 3.8) is 0 Å². The van der Waals surface area contributed by atoms with E-state index in [0.717, 1.165) is 24.7 Å². The van der Waals surface area contributed by atoms with Crippen LogP contribution in [0.15, 0.2) is 0 Å². The highest BCUT2D eigenvalue weighted by Crippen LogP contribution is 2.15. The lowest BCUT2D eigenvalue weighted by Gasteiger charge is -2.16. The number of nitrogens with one attached hydrogen (secondary N) is 2. The van der Waals surface area contributed by atoms with Gasteiger partial charge in [0.25, 0.3) is 0 Å². The molecule has 0 radical (unpaired) electrons. The van der Waals surface area contributed by atoms with Crippen molar-refractivity contribution in [2.24, 2.45) is 17.3 Å². The first-order chi connectivity index (χ1) is 13.7. The van der Waals surface area contributed by atoms with Crippen LogP contribution in [0, 0.1) is 17.3 Å². The number of ketones is 1. The standard InChI is InChI=1S/C11H23NO2.C7H11NO4.C4H10/c1-9(2)6-4-5-7-11(14)12-10(3)8-13;1-7(2,6(11)12)5(10)3-8-4-9;1-4(2)3/h9-10,13H,4-8H2,1-3H3,(H,12,14);4H,3H2,1-2H3,(H,8,9)(H,11,12);4H,1-3H3. The van der Waals surface area contributed by atoms with E-state index in [2.05, 4.69) is 45.3 Å². The third-order valence-electron chi connectivity index (χ3n) is 3.69. The lowest BCUT2D eigenvalue weighted by molar-refractivity contribution is -0.152. The Morgan fingerprint density at radius 3 is 1.87 bits per heavy atom. The van der Waals surface area contributed by atoms with Crippen molar-refractivity contribution in [1.29, 1.82) is 0 Å². The lowest BCUT2D eigenvalue weighted by atomic mass is 9.88. The molecule has 0 aromatic rings. The third kappa shape index (κ3) is 22.3. The third-order valence-corrected chi connectivity index (χ3v) is 3.69. The van der Waals surface area contributed by atoms with Crippen LogP contribution in [0.1, 0.15) is 81.1 Å². The van der Waals surface area contributed by atoms with Crippen molar-refractivity contribution in [2.75, 3.05) is 13.2 Å². The molecule has 178 valence electrons. The summed E-state index contributed by atoms with van der Waals surface area (Å²) in [4.78, 5) is 42.6. The number of Topliss-reactive ketones (excluding diaryl/α,β-unsaturated/α-hetero) is 1. The molecule has 4 N–H and O–H groups in total. The number of aliphatic carboxylic acids is 1. The molecular formula is C22H44N2O6. The number of hydrogen-bond acceptors (Lipinski definition) is 5. The molecule has 0 aliphatic rings. The van der Waals surface area contributed by atoms with E-state index in [9.17, 15) is 19.2 Å². The molecule has 0 aromatic heterocycles. The highest BCUT2D eigenvalue weighted by atomic mass is 16.4. The number of carboxylic acid groups (broad SMARTS) is 1. The summed E-state index contributed by atoms with van der Waals surface area (Å²) in [7, 11) is 0. The Hall–Kier alpha value is -1.96. The maximum absolute atomic E-state index is 11.2. The number of rotatable bonds is 12. The van der Waals surface area contributed by atoms with Crippen LogP contribution in [0.25, 0.3) is 0 Å². The highest BCUT2D eigenvalue weighted by Gasteiger charge is 2.34. The smallest absolute Gasteiger partial charge is 0.316 e. The van der Waals surface area contributed by atoms with Gasteiger partial charge in [-0.15, -0.1) is 0 Å². The van der Waals surface area contributed by atoms with Crippen molar-refractivity contribution < 1.29 is 29.4 Å². The molecule has 8 nitrogen and oxygen atoms in total. The maximum Gasteiger partial charge on any atom is 0.316 e. The van der Waals surface area contributed by atoms with E-state index in [0.29, 0.717) is 12.8 Å². The summed E-state index contributed by atoms with van der Waals surface area (Å²) >= 11 is 0. The topological polar surface area (TPSA) is 133 Å². The zero-order chi connectivity index (χ0) is 24.3. The molecule has 0 spiro atoms. The minimum Gasteiger partial charge on any atom is -0.481 e. The number of carbonyl (C=O) groups is 4. The molecule has 0 heterocycles. The van der Waals surface area contributed by atoms with Crippen LogP contribution >= 0.6 is 0 Å². The van der Waals surface area contributed by atoms with Crippen LogP contribution in [-0.4, -0.2) is 53.5 Å². The molecule has 0 fully saturated rings. The van der Waals surface area contributed by atoms with Crippen LogP contribution in [0.4, 0.5) is 0 Å². The van der Waals surface area contributed by atoms with E-state index in [1.165, 1.54) is 20.3 Å². The second kappa shape index (κ2) is 19.0. The number of aliphatic hydroxyl groups excluding tert-OH is 1. The average molecular weight is 433 g/mol. The lowest BCUT2D eigenvalue weighted by Crippen LogP contribution is -2.39. The first kappa shape index (κ1) is 32.7. The van der Waals surface area contributed by atoms with Gasteiger partial charge in [-0.05, 0) is 39.0 Å². The van der Waals surface area contributed by atoms with Crippen LogP contribution in [-0.2, 0) is 19.2 Å². The first-order valence-electron chi connectivity index (χ1n) is 10.6. The quantitative estimate of drug-likeness (QED) is 0.213. The number of aliphatic hydroxyl groups is 1. The molecule has 1 atom stereocenters. The van der Waals surface area contributed by atoms with Crippen molar-refractivity contribution in [3.8, 4) is 0 Å². The summed E-state index contributed by atoms with van der Waals surface area (Å²) < 4.78 is 0. The van der Waals surface area contributed by atoms with E-state index in [1.807, 2.05) is 0 Å². The van der Waals surface area contributed by atoms with Gasteiger partial charge in [0.1, 0.15) is 5.41 Å². The van der Waals surface area contributed by atoms with Crippen LogP contribution in [0.3, 0.4) is 0 Å². The molecular weight excluding hydrogens is 388 g/mol. The Morgan fingerprint density at radius 1 is 1.00 bits per heavy atom. The Morgan fingerprint density at radius 2 is 1.50 bits per heavy atom. The number of unbranched alkanes of at least 4 members (excludes halogenated alkanes) is 1. The summed E-state index contributed by atoms with van der Waals surface area (Å²) in [5, 5.41) is 22.1. The Kier molecular flexibility index (Phi) is 20.7. The summed E-state index contributed by atoms with van der Waals surface area (Å²) in [6.07, 6.45) is 4.18. The molecule has 0 rings (SSSR count). The van der Waals surface area contributed by atoms with Gasteiger partial charge in [0.2, 0.25) is 12.3 Å². The Labute approximate surface area is 182 Å². The molecule has 0 saturated heterocycles. The molecule has 0 saturated carbocycles. The van der Waals surface area contributed by atoms with Gasteiger partial charge < -0.3 is 20.8 Å². The fraction of sp³-hybridized carbons (Fsp3) is 0.818. The molecule has 0 aromatic carbocycles. The first-order valence-corrected chi connectivity index (χ1v) is 10.6. The normalized spacial score (nSPS) is 11.4. The minimum absolute atomic E-state index is 0.0116. The molecule has 0 aliphatic heterocycles. The number of hydrogen-bond donors (Lipinski definition) is 4. The van der Waals surface area contributed by atoms with Crippen molar-refractivity contribution >= 4 is 24.1 Å². The van der Waals surface area contributed by atoms with Gasteiger partial charge >= 0.3 is 5.97 Å². The van der Waals surface area contributed by atoms with Crippen molar-refractivity contribution in [3.05, 3.63) is 0 Å². The van der Waals surface area contributed by atoms with Gasteiger partial charge in [-0.25, -0.2) is 0 Å². The zero-order valence-corrected chi connectivity index (χ0v) is 20.1. The molecule has 2 amide bonds. The van der Waals surface area contributed by atoms with E-state index < -0.39 is 17.2 Å².